The van der Waals surface area contributed by atoms with Gasteiger partial charge in [-0.3, -0.25) is 0 Å². The van der Waals surface area contributed by atoms with Gasteiger partial charge in [0.15, 0.2) is 0 Å². The van der Waals surface area contributed by atoms with Crippen molar-refractivity contribution in [2.75, 3.05) is 39.4 Å². The van der Waals surface area contributed by atoms with Gasteiger partial charge in [-0.2, -0.15) is 4.31 Å². The minimum absolute atomic E-state index is 0.145. The molecule has 2 rings (SSSR count). The number of hydrogen-bond acceptors (Lipinski definition) is 5. The quantitative estimate of drug-likeness (QED) is 0.561. The molecule has 7 nitrogen and oxygen atoms in total. The molecule has 1 aromatic carbocycles. The highest BCUT2D eigenvalue weighted by Crippen LogP contribution is 2.31. The lowest BCUT2D eigenvalue weighted by Crippen LogP contribution is -2.50. The van der Waals surface area contributed by atoms with Crippen molar-refractivity contribution in [2.45, 2.75) is 57.8 Å². The van der Waals surface area contributed by atoms with E-state index in [1.807, 2.05) is 13.8 Å². The van der Waals surface area contributed by atoms with E-state index in [4.69, 9.17) is 9.47 Å². The van der Waals surface area contributed by atoms with Gasteiger partial charge in [-0.15, -0.1) is 0 Å². The third-order valence-corrected chi connectivity index (χ3v) is 6.91. The molecule has 0 saturated carbocycles. The number of amides is 1. The van der Waals surface area contributed by atoms with Crippen LogP contribution in [0.15, 0.2) is 23.1 Å². The predicted molar refractivity (Wildman–Crippen MR) is 113 cm³/mol. The lowest BCUT2D eigenvalue weighted by Gasteiger charge is -2.33. The first-order chi connectivity index (χ1) is 13.8. The molecule has 0 N–H and O–H groups in total. The molecule has 164 valence electrons. The zero-order valence-corrected chi connectivity index (χ0v) is 18.8. The number of piperazine rings is 1. The van der Waals surface area contributed by atoms with E-state index in [0.29, 0.717) is 26.3 Å². The van der Waals surface area contributed by atoms with Crippen LogP contribution >= 0.6 is 0 Å². The molecule has 1 aliphatic heterocycles. The largest absolute Gasteiger partial charge is 0.493 e. The molecule has 0 aromatic heterocycles. The molecule has 29 heavy (non-hydrogen) atoms. The third kappa shape index (κ3) is 6.09. The van der Waals surface area contributed by atoms with E-state index in [9.17, 15) is 13.2 Å². The molecular formula is C21H34N2O5S. The monoisotopic (exact) mass is 426 g/mol. The normalized spacial score (nSPS) is 15.6. The number of hydrogen-bond donors (Lipinski definition) is 0. The van der Waals surface area contributed by atoms with E-state index in [-0.39, 0.29) is 23.9 Å². The Bertz CT molecular complexity index is 771. The summed E-state index contributed by atoms with van der Waals surface area (Å²) in [6.45, 7) is 10.1. The van der Waals surface area contributed by atoms with Crippen molar-refractivity contribution in [3.63, 3.8) is 0 Å². The van der Waals surface area contributed by atoms with E-state index in [1.165, 1.54) is 4.31 Å². The highest BCUT2D eigenvalue weighted by atomic mass is 32.2. The fourth-order valence-corrected chi connectivity index (χ4v) is 4.74. The highest BCUT2D eigenvalue weighted by Gasteiger charge is 2.31. The molecule has 0 unspecified atom stereocenters. The van der Waals surface area contributed by atoms with Crippen LogP contribution in [0.3, 0.4) is 0 Å². The number of carbonyl (C=O) groups excluding carboxylic acids is 1. The Balaban J connectivity index is 2.12. The predicted octanol–water partition coefficient (Wildman–Crippen LogP) is 3.84. The average molecular weight is 427 g/mol. The Kier molecular flexibility index (Phi) is 8.77. The second-order valence-corrected chi connectivity index (χ2v) is 9.44. The Hall–Kier alpha value is -1.80. The second-order valence-electron chi connectivity index (χ2n) is 7.50. The summed E-state index contributed by atoms with van der Waals surface area (Å²) in [7, 11) is -3.63. The highest BCUT2D eigenvalue weighted by molar-refractivity contribution is 7.89. The van der Waals surface area contributed by atoms with Crippen LogP contribution in [0.1, 0.15) is 58.4 Å². The molecule has 0 atom stereocenters. The van der Waals surface area contributed by atoms with E-state index in [2.05, 4.69) is 6.92 Å². The van der Waals surface area contributed by atoms with Gasteiger partial charge in [-0.1, -0.05) is 33.6 Å². The van der Waals surface area contributed by atoms with Crippen LogP contribution < -0.4 is 4.74 Å². The van der Waals surface area contributed by atoms with E-state index < -0.39 is 16.1 Å². The summed E-state index contributed by atoms with van der Waals surface area (Å²) in [6.07, 6.45) is 2.83. The third-order valence-electron chi connectivity index (χ3n) is 5.01. The summed E-state index contributed by atoms with van der Waals surface area (Å²) in [6, 6.07) is 5.12. The summed E-state index contributed by atoms with van der Waals surface area (Å²) in [5.74, 6) is 0.897. The Morgan fingerprint density at radius 1 is 1.10 bits per heavy atom. The first-order valence-corrected chi connectivity index (χ1v) is 11.9. The fourth-order valence-electron chi connectivity index (χ4n) is 3.28. The van der Waals surface area contributed by atoms with E-state index in [0.717, 1.165) is 30.6 Å². The van der Waals surface area contributed by atoms with Crippen LogP contribution in [0.2, 0.25) is 0 Å². The van der Waals surface area contributed by atoms with E-state index in [1.54, 1.807) is 30.0 Å². The number of unbranched alkanes of at least 4 members (excludes halogenated alkanes) is 2. The zero-order chi connectivity index (χ0) is 21.4. The Morgan fingerprint density at radius 2 is 1.79 bits per heavy atom. The topological polar surface area (TPSA) is 76.2 Å². The van der Waals surface area contributed by atoms with Crippen molar-refractivity contribution < 1.29 is 22.7 Å². The van der Waals surface area contributed by atoms with Crippen molar-refractivity contribution in [1.82, 2.24) is 9.21 Å². The molecule has 0 aliphatic carbocycles. The van der Waals surface area contributed by atoms with Gasteiger partial charge in [0, 0.05) is 26.2 Å². The van der Waals surface area contributed by atoms with Crippen LogP contribution in [-0.2, 0) is 14.8 Å². The molecule has 1 amide bonds. The van der Waals surface area contributed by atoms with Crippen LogP contribution in [0.4, 0.5) is 4.79 Å². The molecule has 1 heterocycles. The lowest BCUT2D eigenvalue weighted by atomic mass is 10.0. The van der Waals surface area contributed by atoms with Crippen molar-refractivity contribution in [1.29, 1.82) is 0 Å². The maximum atomic E-state index is 13.1. The summed E-state index contributed by atoms with van der Waals surface area (Å²) < 4.78 is 38.6. The molecule has 1 saturated heterocycles. The summed E-state index contributed by atoms with van der Waals surface area (Å²) in [4.78, 5) is 13.6. The second kappa shape index (κ2) is 10.8. The van der Waals surface area contributed by atoms with E-state index >= 15 is 0 Å². The zero-order valence-electron chi connectivity index (χ0n) is 18.0. The minimum atomic E-state index is -3.63. The Labute approximate surface area is 175 Å². The molecule has 1 aromatic rings. The van der Waals surface area contributed by atoms with Crippen molar-refractivity contribution in [2.24, 2.45) is 0 Å². The minimum Gasteiger partial charge on any atom is -0.493 e. The SMILES string of the molecule is CCCCCOc1ccc(S(=O)(=O)N2CCN(C(=O)OCC)CC2)cc1C(C)C. The summed E-state index contributed by atoms with van der Waals surface area (Å²) in [5, 5.41) is 0. The molecule has 0 radical (unpaired) electrons. The van der Waals surface area contributed by atoms with Crippen molar-refractivity contribution in [3.8, 4) is 5.75 Å². The molecule has 1 aliphatic rings. The van der Waals surface area contributed by atoms with Gasteiger partial charge in [-0.05, 0) is 43.0 Å². The Morgan fingerprint density at radius 3 is 2.38 bits per heavy atom. The average Bonchev–Trinajstić information content (AvgIpc) is 2.71. The maximum absolute atomic E-state index is 13.1. The van der Waals surface area contributed by atoms with Crippen LogP contribution in [0, 0.1) is 0 Å². The number of ether oxygens (including phenoxy) is 2. The number of benzene rings is 1. The first-order valence-electron chi connectivity index (χ1n) is 10.5. The number of rotatable bonds is 9. The van der Waals surface area contributed by atoms with Gasteiger partial charge < -0.3 is 14.4 Å². The van der Waals surface area contributed by atoms with Gasteiger partial charge in [0.1, 0.15) is 5.75 Å². The van der Waals surface area contributed by atoms with Crippen molar-refractivity contribution in [3.05, 3.63) is 23.8 Å². The summed E-state index contributed by atoms with van der Waals surface area (Å²) >= 11 is 0. The first kappa shape index (κ1) is 23.5. The number of carbonyl (C=O) groups is 1. The number of sulfonamides is 1. The van der Waals surface area contributed by atoms with Gasteiger partial charge >= 0.3 is 6.09 Å². The molecule has 0 bridgehead atoms. The fraction of sp³-hybridized carbons (Fsp3) is 0.667. The molecule has 0 spiro atoms. The molecular weight excluding hydrogens is 392 g/mol. The summed E-state index contributed by atoms with van der Waals surface area (Å²) in [5.41, 5.74) is 0.896. The van der Waals surface area contributed by atoms with Gasteiger partial charge in [-0.25, -0.2) is 13.2 Å². The van der Waals surface area contributed by atoms with Crippen LogP contribution in [-0.4, -0.2) is 63.1 Å². The molecule has 8 heteroatoms. The smallest absolute Gasteiger partial charge is 0.409 e. The van der Waals surface area contributed by atoms with Gasteiger partial charge in [0.25, 0.3) is 0 Å². The maximum Gasteiger partial charge on any atom is 0.409 e. The van der Waals surface area contributed by atoms with Gasteiger partial charge in [0.05, 0.1) is 18.1 Å². The number of nitrogens with zero attached hydrogens (tertiary/aromatic N) is 2. The standard InChI is InChI=1S/C21H34N2O5S/c1-5-7-8-15-28-20-10-9-18(16-19(20)17(3)4)29(25,26)23-13-11-22(12-14-23)21(24)27-6-2/h9-10,16-17H,5-8,11-15H2,1-4H3. The lowest BCUT2D eigenvalue weighted by molar-refractivity contribution is 0.0934. The molecule has 1 fully saturated rings. The van der Waals surface area contributed by atoms with Crippen LogP contribution in [0.25, 0.3) is 0 Å². The van der Waals surface area contributed by atoms with Crippen molar-refractivity contribution >= 4 is 16.1 Å². The van der Waals surface area contributed by atoms with Gasteiger partial charge in [0.2, 0.25) is 10.0 Å². The van der Waals surface area contributed by atoms with Crippen LogP contribution in [0.5, 0.6) is 5.75 Å².